The molecule has 110 valence electrons. The average molecular weight is 302 g/mol. The molecule has 0 amide bonds. The predicted octanol–water partition coefficient (Wildman–Crippen LogP) is 2.76. The molecule has 1 atom stereocenters. The van der Waals surface area contributed by atoms with Gasteiger partial charge in [-0.15, -0.1) is 11.6 Å². The van der Waals surface area contributed by atoms with Gasteiger partial charge < -0.3 is 14.2 Å². The van der Waals surface area contributed by atoms with E-state index in [9.17, 15) is 10.1 Å². The number of nitro benzene ring substituents is 1. The van der Waals surface area contributed by atoms with Gasteiger partial charge in [0.25, 0.3) is 5.69 Å². The lowest BCUT2D eigenvalue weighted by Gasteiger charge is -2.14. The van der Waals surface area contributed by atoms with E-state index in [0.717, 1.165) is 13.0 Å². The summed E-state index contributed by atoms with van der Waals surface area (Å²) in [5, 5.41) is 11.0. The smallest absolute Gasteiger partial charge is 0.277 e. The summed E-state index contributed by atoms with van der Waals surface area (Å²) in [5.41, 5.74) is 0.350. The Morgan fingerprint density at radius 1 is 1.50 bits per heavy atom. The number of nitro groups is 1. The summed E-state index contributed by atoms with van der Waals surface area (Å²) in [6, 6.07) is 2.91. The monoisotopic (exact) mass is 301 g/mol. The van der Waals surface area contributed by atoms with Crippen LogP contribution in [0.4, 0.5) is 5.69 Å². The van der Waals surface area contributed by atoms with Crippen molar-refractivity contribution in [3.8, 4) is 11.5 Å². The Kier molecular flexibility index (Phi) is 5.03. The van der Waals surface area contributed by atoms with E-state index >= 15 is 0 Å². The third-order valence-electron chi connectivity index (χ3n) is 3.20. The molecule has 1 aromatic rings. The van der Waals surface area contributed by atoms with E-state index in [1.165, 1.54) is 13.2 Å². The lowest BCUT2D eigenvalue weighted by Crippen LogP contribution is -2.12. The normalized spacial score (nSPS) is 18.0. The van der Waals surface area contributed by atoms with Crippen LogP contribution in [0, 0.1) is 16.0 Å². The Balaban J connectivity index is 2.20. The second-order valence-corrected chi connectivity index (χ2v) is 4.83. The van der Waals surface area contributed by atoms with Crippen LogP contribution in [0.3, 0.4) is 0 Å². The largest absolute Gasteiger partial charge is 0.493 e. The quantitative estimate of drug-likeness (QED) is 0.459. The zero-order chi connectivity index (χ0) is 14.5. The first-order chi connectivity index (χ1) is 9.65. The highest BCUT2D eigenvalue weighted by Gasteiger charge is 2.21. The lowest BCUT2D eigenvalue weighted by atomic mass is 10.1. The van der Waals surface area contributed by atoms with Crippen LogP contribution in [-0.4, -0.2) is 31.9 Å². The Labute approximate surface area is 121 Å². The molecule has 0 aliphatic carbocycles. The highest BCUT2D eigenvalue weighted by atomic mass is 35.5. The molecule has 20 heavy (non-hydrogen) atoms. The van der Waals surface area contributed by atoms with Gasteiger partial charge in [-0.05, 0) is 12.5 Å². The molecule has 2 rings (SSSR count). The molecule has 0 aromatic heterocycles. The second-order valence-electron chi connectivity index (χ2n) is 4.56. The van der Waals surface area contributed by atoms with E-state index in [2.05, 4.69) is 0 Å². The fourth-order valence-corrected chi connectivity index (χ4v) is 2.28. The molecule has 1 unspecified atom stereocenters. The topological polar surface area (TPSA) is 70.8 Å². The minimum Gasteiger partial charge on any atom is -0.493 e. The van der Waals surface area contributed by atoms with Gasteiger partial charge in [0.2, 0.25) is 0 Å². The third kappa shape index (κ3) is 3.32. The Morgan fingerprint density at radius 3 is 2.85 bits per heavy atom. The van der Waals surface area contributed by atoms with Crippen LogP contribution in [-0.2, 0) is 10.6 Å². The van der Waals surface area contributed by atoms with Crippen LogP contribution in [0.2, 0.25) is 0 Å². The molecule has 0 spiro atoms. The molecule has 1 heterocycles. The van der Waals surface area contributed by atoms with Crippen molar-refractivity contribution in [3.05, 3.63) is 27.8 Å². The maximum Gasteiger partial charge on any atom is 0.277 e. The fraction of sp³-hybridized carbons (Fsp3) is 0.538. The van der Waals surface area contributed by atoms with Gasteiger partial charge in [0.05, 0.1) is 37.2 Å². The van der Waals surface area contributed by atoms with Crippen LogP contribution < -0.4 is 9.47 Å². The van der Waals surface area contributed by atoms with Gasteiger partial charge in [-0.3, -0.25) is 10.1 Å². The van der Waals surface area contributed by atoms with Crippen molar-refractivity contribution in [1.29, 1.82) is 0 Å². The van der Waals surface area contributed by atoms with Crippen molar-refractivity contribution in [2.24, 2.45) is 5.92 Å². The highest BCUT2D eigenvalue weighted by Crippen LogP contribution is 2.35. The molecule has 1 saturated heterocycles. The number of alkyl halides is 1. The van der Waals surface area contributed by atoms with Gasteiger partial charge >= 0.3 is 0 Å². The standard InChI is InChI=1S/C13H16ClNO5/c1-18-12-4-10(6-14)11(15(16)17)5-13(12)20-8-9-2-3-19-7-9/h4-5,9H,2-3,6-8H2,1H3. The van der Waals surface area contributed by atoms with Gasteiger partial charge in [0.15, 0.2) is 11.5 Å². The number of hydrogen-bond donors (Lipinski definition) is 0. The molecule has 0 N–H and O–H groups in total. The molecule has 0 saturated carbocycles. The number of halogens is 1. The summed E-state index contributed by atoms with van der Waals surface area (Å²) in [7, 11) is 1.49. The van der Waals surface area contributed by atoms with Gasteiger partial charge in [-0.2, -0.15) is 0 Å². The molecule has 1 fully saturated rings. The first-order valence-corrected chi connectivity index (χ1v) is 6.81. The first kappa shape index (κ1) is 14.9. The maximum absolute atomic E-state index is 11.0. The molecule has 0 bridgehead atoms. The molecular weight excluding hydrogens is 286 g/mol. The summed E-state index contributed by atoms with van der Waals surface area (Å²) < 4.78 is 16.1. The summed E-state index contributed by atoms with van der Waals surface area (Å²) >= 11 is 5.72. The Hall–Kier alpha value is -1.53. The Morgan fingerprint density at radius 2 is 2.30 bits per heavy atom. The van der Waals surface area contributed by atoms with E-state index in [0.29, 0.717) is 36.2 Å². The van der Waals surface area contributed by atoms with Crippen molar-refractivity contribution in [2.45, 2.75) is 12.3 Å². The predicted molar refractivity (Wildman–Crippen MR) is 73.6 cm³/mol. The minimum atomic E-state index is -0.470. The first-order valence-electron chi connectivity index (χ1n) is 6.27. The SMILES string of the molecule is COc1cc(CCl)c([N+](=O)[O-])cc1OCC1CCOC1. The molecular formula is C13H16ClNO5. The van der Waals surface area contributed by atoms with Gasteiger partial charge in [0, 0.05) is 18.1 Å². The zero-order valence-electron chi connectivity index (χ0n) is 11.1. The van der Waals surface area contributed by atoms with Crippen molar-refractivity contribution < 1.29 is 19.1 Å². The number of rotatable bonds is 6. The summed E-state index contributed by atoms with van der Waals surface area (Å²) in [4.78, 5) is 10.6. The van der Waals surface area contributed by atoms with Crippen molar-refractivity contribution in [3.63, 3.8) is 0 Å². The second kappa shape index (κ2) is 6.76. The van der Waals surface area contributed by atoms with Crippen molar-refractivity contribution in [2.75, 3.05) is 26.9 Å². The number of hydrogen-bond acceptors (Lipinski definition) is 5. The van der Waals surface area contributed by atoms with Crippen LogP contribution in [0.15, 0.2) is 12.1 Å². The van der Waals surface area contributed by atoms with Gasteiger partial charge in [0.1, 0.15) is 0 Å². The minimum absolute atomic E-state index is 0.0451. The molecule has 1 aromatic carbocycles. The molecule has 1 aliphatic rings. The van der Waals surface area contributed by atoms with Crippen LogP contribution >= 0.6 is 11.6 Å². The fourth-order valence-electron chi connectivity index (χ4n) is 2.06. The lowest BCUT2D eigenvalue weighted by molar-refractivity contribution is -0.385. The van der Waals surface area contributed by atoms with Gasteiger partial charge in [-0.25, -0.2) is 0 Å². The van der Waals surface area contributed by atoms with Crippen molar-refractivity contribution >= 4 is 17.3 Å². The van der Waals surface area contributed by atoms with E-state index in [4.69, 9.17) is 25.8 Å². The van der Waals surface area contributed by atoms with Gasteiger partial charge in [-0.1, -0.05) is 0 Å². The van der Waals surface area contributed by atoms with Crippen LogP contribution in [0.1, 0.15) is 12.0 Å². The van der Waals surface area contributed by atoms with E-state index in [1.54, 1.807) is 6.07 Å². The Bertz CT molecular complexity index is 488. The summed E-state index contributed by atoms with van der Waals surface area (Å²) in [6.45, 7) is 1.84. The number of nitrogens with zero attached hydrogens (tertiary/aromatic N) is 1. The highest BCUT2D eigenvalue weighted by molar-refractivity contribution is 6.17. The maximum atomic E-state index is 11.0. The number of methoxy groups -OCH3 is 1. The van der Waals surface area contributed by atoms with Crippen LogP contribution in [0.25, 0.3) is 0 Å². The molecule has 0 radical (unpaired) electrons. The van der Waals surface area contributed by atoms with E-state index < -0.39 is 4.92 Å². The summed E-state index contributed by atoms with van der Waals surface area (Å²) in [6.07, 6.45) is 0.935. The number of ether oxygens (including phenoxy) is 3. The molecule has 1 aliphatic heterocycles. The zero-order valence-corrected chi connectivity index (χ0v) is 11.9. The summed E-state index contributed by atoms with van der Waals surface area (Å²) in [5.74, 6) is 1.17. The number of benzene rings is 1. The van der Waals surface area contributed by atoms with Crippen LogP contribution in [0.5, 0.6) is 11.5 Å². The molecule has 6 nitrogen and oxygen atoms in total. The van der Waals surface area contributed by atoms with Crippen molar-refractivity contribution in [1.82, 2.24) is 0 Å². The molecule has 7 heteroatoms. The van der Waals surface area contributed by atoms with E-state index in [1.807, 2.05) is 0 Å². The average Bonchev–Trinajstić information content (AvgIpc) is 2.97. The third-order valence-corrected chi connectivity index (χ3v) is 3.49. The van der Waals surface area contributed by atoms with E-state index in [-0.39, 0.29) is 11.6 Å².